The summed E-state index contributed by atoms with van der Waals surface area (Å²) in [6, 6.07) is 6.39. The average molecular weight is 215 g/mol. The van der Waals surface area contributed by atoms with Gasteiger partial charge < -0.3 is 5.32 Å². The minimum Gasteiger partial charge on any atom is -0.378 e. The van der Waals surface area contributed by atoms with E-state index in [1.165, 1.54) is 16.7 Å². The lowest BCUT2D eigenvalue weighted by atomic mass is 10.0. The number of aryl methyl sites for hydroxylation is 3. The summed E-state index contributed by atoms with van der Waals surface area (Å²) in [5.41, 5.74) is 5.09. The maximum absolute atomic E-state index is 4.13. The Bertz CT molecular complexity index is 465. The molecule has 0 aliphatic heterocycles. The quantitative estimate of drug-likeness (QED) is 0.853. The van der Waals surface area contributed by atoms with E-state index in [9.17, 15) is 0 Å². The van der Waals surface area contributed by atoms with Gasteiger partial charge in [-0.25, -0.2) is 0 Å². The lowest BCUT2D eigenvalue weighted by Gasteiger charge is -2.10. The molecule has 0 atom stereocenters. The molecule has 0 aliphatic rings. The highest BCUT2D eigenvalue weighted by Crippen LogP contribution is 2.15. The third-order valence-electron chi connectivity index (χ3n) is 2.82. The van der Waals surface area contributed by atoms with Gasteiger partial charge in [0.05, 0.1) is 11.9 Å². The van der Waals surface area contributed by atoms with Gasteiger partial charge >= 0.3 is 0 Å². The van der Waals surface area contributed by atoms with Crippen LogP contribution in [0.5, 0.6) is 0 Å². The third-order valence-corrected chi connectivity index (χ3v) is 2.82. The zero-order chi connectivity index (χ0) is 11.5. The molecular weight excluding hydrogens is 198 g/mol. The summed E-state index contributed by atoms with van der Waals surface area (Å²) in [4.78, 5) is 0. The van der Waals surface area contributed by atoms with Crippen LogP contribution in [0.4, 0.5) is 5.69 Å². The molecule has 3 nitrogen and oxygen atoms in total. The number of aromatic nitrogens is 2. The van der Waals surface area contributed by atoms with E-state index in [2.05, 4.69) is 42.5 Å². The van der Waals surface area contributed by atoms with Gasteiger partial charge in [-0.15, -0.1) is 0 Å². The van der Waals surface area contributed by atoms with E-state index >= 15 is 0 Å². The monoisotopic (exact) mass is 215 g/mol. The summed E-state index contributed by atoms with van der Waals surface area (Å²) < 4.78 is 1.80. The lowest BCUT2D eigenvalue weighted by Crippen LogP contribution is -2.02. The molecule has 0 bridgehead atoms. The Morgan fingerprint density at radius 1 is 1.25 bits per heavy atom. The largest absolute Gasteiger partial charge is 0.378 e. The fourth-order valence-corrected chi connectivity index (χ4v) is 1.83. The van der Waals surface area contributed by atoms with Crippen molar-refractivity contribution in [2.24, 2.45) is 7.05 Å². The number of nitrogens with zero attached hydrogens (tertiary/aromatic N) is 2. The number of hydrogen-bond donors (Lipinski definition) is 1. The molecule has 0 fully saturated rings. The van der Waals surface area contributed by atoms with E-state index in [0.29, 0.717) is 0 Å². The molecule has 1 aromatic heterocycles. The maximum atomic E-state index is 4.13. The highest BCUT2D eigenvalue weighted by Gasteiger charge is 2.02. The molecule has 2 aromatic rings. The zero-order valence-corrected chi connectivity index (χ0v) is 9.99. The topological polar surface area (TPSA) is 29.9 Å². The van der Waals surface area contributed by atoms with Crippen molar-refractivity contribution < 1.29 is 0 Å². The molecule has 0 unspecified atom stereocenters. The minimum atomic E-state index is 0.851. The Labute approximate surface area is 96.1 Å². The highest BCUT2D eigenvalue weighted by atomic mass is 15.3. The van der Waals surface area contributed by atoms with Crippen LogP contribution in [0.15, 0.2) is 30.6 Å². The van der Waals surface area contributed by atoms with Crippen molar-refractivity contribution in [1.82, 2.24) is 9.78 Å². The number of anilines is 1. The molecule has 3 heteroatoms. The first-order valence-corrected chi connectivity index (χ1v) is 5.44. The maximum Gasteiger partial charge on any atom is 0.0729 e. The molecule has 0 aliphatic carbocycles. The molecule has 0 radical (unpaired) electrons. The van der Waals surface area contributed by atoms with Crippen molar-refractivity contribution in [3.05, 3.63) is 47.3 Å². The second-order valence-electron chi connectivity index (χ2n) is 4.13. The Balaban J connectivity index is 2.10. The Morgan fingerprint density at radius 3 is 2.50 bits per heavy atom. The van der Waals surface area contributed by atoms with Gasteiger partial charge in [-0.3, -0.25) is 4.68 Å². The van der Waals surface area contributed by atoms with Gasteiger partial charge in [0.15, 0.2) is 0 Å². The Kier molecular flexibility index (Phi) is 2.95. The van der Waals surface area contributed by atoms with E-state index < -0.39 is 0 Å². The van der Waals surface area contributed by atoms with Crippen molar-refractivity contribution >= 4 is 5.69 Å². The molecule has 0 saturated carbocycles. The van der Waals surface area contributed by atoms with Gasteiger partial charge in [0.25, 0.3) is 0 Å². The van der Waals surface area contributed by atoms with Crippen LogP contribution >= 0.6 is 0 Å². The van der Waals surface area contributed by atoms with Gasteiger partial charge in [0, 0.05) is 19.8 Å². The molecule has 0 amide bonds. The van der Waals surface area contributed by atoms with Gasteiger partial charge in [-0.1, -0.05) is 18.2 Å². The average Bonchev–Trinajstić information content (AvgIpc) is 2.63. The van der Waals surface area contributed by atoms with Gasteiger partial charge in [-0.2, -0.15) is 5.10 Å². The second kappa shape index (κ2) is 4.39. The Hall–Kier alpha value is -1.77. The van der Waals surface area contributed by atoms with E-state index in [0.717, 1.165) is 12.2 Å². The lowest BCUT2D eigenvalue weighted by molar-refractivity contribution is 0.768. The fraction of sp³-hybridized carbons (Fsp3) is 0.308. The number of benzene rings is 1. The van der Waals surface area contributed by atoms with Gasteiger partial charge in [-0.05, 0) is 30.5 Å². The minimum absolute atomic E-state index is 0.851. The van der Waals surface area contributed by atoms with Crippen molar-refractivity contribution in [3.63, 3.8) is 0 Å². The standard InChI is InChI=1S/C13H17N3/c1-10-5-4-6-11(2)13(10)8-14-12-7-15-16(3)9-12/h4-7,9,14H,8H2,1-3H3. The molecule has 0 saturated heterocycles. The van der Waals surface area contributed by atoms with Crippen LogP contribution in [0, 0.1) is 13.8 Å². The Morgan fingerprint density at radius 2 is 1.94 bits per heavy atom. The molecule has 2 rings (SSSR count). The highest BCUT2D eigenvalue weighted by molar-refractivity contribution is 5.42. The summed E-state index contributed by atoms with van der Waals surface area (Å²) in [6.45, 7) is 5.14. The first-order chi connectivity index (χ1) is 7.66. The van der Waals surface area contributed by atoms with E-state index in [4.69, 9.17) is 0 Å². The van der Waals surface area contributed by atoms with E-state index in [-0.39, 0.29) is 0 Å². The number of rotatable bonds is 3. The summed E-state index contributed by atoms with van der Waals surface area (Å²) in [5, 5.41) is 7.51. The number of nitrogens with one attached hydrogen (secondary N) is 1. The normalized spacial score (nSPS) is 10.4. The molecule has 0 spiro atoms. The van der Waals surface area contributed by atoms with Crippen LogP contribution in [-0.4, -0.2) is 9.78 Å². The van der Waals surface area contributed by atoms with Crippen molar-refractivity contribution in [3.8, 4) is 0 Å². The molecule has 1 heterocycles. The summed E-state index contributed by atoms with van der Waals surface area (Å²) >= 11 is 0. The van der Waals surface area contributed by atoms with E-state index in [1.54, 1.807) is 4.68 Å². The number of hydrogen-bond acceptors (Lipinski definition) is 2. The fourth-order valence-electron chi connectivity index (χ4n) is 1.83. The molecule has 1 aromatic carbocycles. The summed E-state index contributed by atoms with van der Waals surface area (Å²) in [5.74, 6) is 0. The smallest absolute Gasteiger partial charge is 0.0729 e. The predicted octanol–water partition coefficient (Wildman–Crippen LogP) is 2.65. The first-order valence-electron chi connectivity index (χ1n) is 5.44. The van der Waals surface area contributed by atoms with Crippen LogP contribution < -0.4 is 5.32 Å². The van der Waals surface area contributed by atoms with Crippen molar-refractivity contribution in [2.75, 3.05) is 5.32 Å². The molecule has 84 valence electrons. The van der Waals surface area contributed by atoms with Gasteiger partial charge in [0.1, 0.15) is 0 Å². The third kappa shape index (κ3) is 2.24. The van der Waals surface area contributed by atoms with Crippen LogP contribution in [0.25, 0.3) is 0 Å². The van der Waals surface area contributed by atoms with Gasteiger partial charge in [0.2, 0.25) is 0 Å². The summed E-state index contributed by atoms with van der Waals surface area (Å²) in [6.07, 6.45) is 3.82. The molecular formula is C13H17N3. The van der Waals surface area contributed by atoms with Crippen molar-refractivity contribution in [1.29, 1.82) is 0 Å². The van der Waals surface area contributed by atoms with Crippen LogP contribution in [0.2, 0.25) is 0 Å². The van der Waals surface area contributed by atoms with Crippen LogP contribution in [-0.2, 0) is 13.6 Å². The second-order valence-corrected chi connectivity index (χ2v) is 4.13. The van der Waals surface area contributed by atoms with Crippen LogP contribution in [0.3, 0.4) is 0 Å². The van der Waals surface area contributed by atoms with Crippen LogP contribution in [0.1, 0.15) is 16.7 Å². The summed E-state index contributed by atoms with van der Waals surface area (Å²) in [7, 11) is 1.92. The van der Waals surface area contributed by atoms with E-state index in [1.807, 2.05) is 19.4 Å². The predicted molar refractivity (Wildman–Crippen MR) is 66.5 cm³/mol. The SMILES string of the molecule is Cc1cccc(C)c1CNc1cnn(C)c1. The zero-order valence-electron chi connectivity index (χ0n) is 9.99. The molecule has 16 heavy (non-hydrogen) atoms. The first kappa shape index (κ1) is 10.7. The molecule has 1 N–H and O–H groups in total. The van der Waals surface area contributed by atoms with Crippen molar-refractivity contribution in [2.45, 2.75) is 20.4 Å².